The van der Waals surface area contributed by atoms with Crippen molar-refractivity contribution in [2.75, 3.05) is 39.3 Å². The number of hydrogen-bond acceptors (Lipinski definition) is 3. The zero-order chi connectivity index (χ0) is 13.7. The highest BCUT2D eigenvalue weighted by Crippen LogP contribution is 2.19. The number of rotatable bonds is 4. The van der Waals surface area contributed by atoms with Crippen molar-refractivity contribution in [1.29, 1.82) is 0 Å². The predicted octanol–water partition coefficient (Wildman–Crippen LogP) is 1.98. The molecule has 1 aromatic carbocycles. The Morgan fingerprint density at radius 2 is 1.89 bits per heavy atom. The van der Waals surface area contributed by atoms with E-state index in [-0.39, 0.29) is 12.4 Å². The fraction of sp³-hybridized carbons (Fsp3) is 0.571. The van der Waals surface area contributed by atoms with E-state index < -0.39 is 0 Å². The molecule has 2 rings (SSSR count). The van der Waals surface area contributed by atoms with E-state index >= 15 is 0 Å². The second kappa shape index (κ2) is 7.20. The molecule has 1 fully saturated rings. The summed E-state index contributed by atoms with van der Waals surface area (Å²) in [6.07, 6.45) is 1.08. The van der Waals surface area contributed by atoms with Gasteiger partial charge in [-0.1, -0.05) is 17.7 Å². The molecule has 5 heteroatoms. The number of β-amino-alcohol motifs (C(OH)–C–C–N with tert-alkyl or cyclic N) is 1. The van der Waals surface area contributed by atoms with Crippen LogP contribution in [-0.2, 0) is 6.54 Å². The molecule has 19 heavy (non-hydrogen) atoms. The van der Waals surface area contributed by atoms with Crippen LogP contribution in [0.2, 0.25) is 5.02 Å². The third-order valence-corrected chi connectivity index (χ3v) is 3.86. The van der Waals surface area contributed by atoms with Crippen molar-refractivity contribution in [2.45, 2.75) is 13.0 Å². The molecule has 1 aromatic rings. The molecule has 0 spiro atoms. The topological polar surface area (TPSA) is 26.7 Å². The standard InChI is InChI=1S/C14H20ClFN2O/c15-14-10-13(16)3-2-12(14)11-18-5-1-4-17(6-7-18)8-9-19/h2-3,10,19H,1,4-9,11H2. The molecule has 1 heterocycles. The van der Waals surface area contributed by atoms with Crippen molar-refractivity contribution in [3.05, 3.63) is 34.6 Å². The van der Waals surface area contributed by atoms with Crippen LogP contribution < -0.4 is 0 Å². The van der Waals surface area contributed by atoms with Gasteiger partial charge in [-0.3, -0.25) is 9.80 Å². The van der Waals surface area contributed by atoms with Crippen LogP contribution in [0.3, 0.4) is 0 Å². The average Bonchev–Trinajstić information content (AvgIpc) is 2.59. The van der Waals surface area contributed by atoms with E-state index in [2.05, 4.69) is 9.80 Å². The van der Waals surface area contributed by atoms with Gasteiger partial charge in [0.1, 0.15) is 5.82 Å². The number of aliphatic hydroxyl groups is 1. The Bertz CT molecular complexity index is 416. The summed E-state index contributed by atoms with van der Waals surface area (Å²) in [7, 11) is 0. The largest absolute Gasteiger partial charge is 0.395 e. The van der Waals surface area contributed by atoms with Gasteiger partial charge in [-0.05, 0) is 37.2 Å². The highest BCUT2D eigenvalue weighted by Gasteiger charge is 2.15. The Morgan fingerprint density at radius 1 is 1.16 bits per heavy atom. The van der Waals surface area contributed by atoms with E-state index in [1.54, 1.807) is 6.07 Å². The first kappa shape index (κ1) is 14.7. The van der Waals surface area contributed by atoms with Gasteiger partial charge in [0.15, 0.2) is 0 Å². The van der Waals surface area contributed by atoms with Crippen molar-refractivity contribution in [1.82, 2.24) is 9.80 Å². The summed E-state index contributed by atoms with van der Waals surface area (Å²) in [5.74, 6) is -0.293. The van der Waals surface area contributed by atoms with Crippen molar-refractivity contribution in [3.8, 4) is 0 Å². The van der Waals surface area contributed by atoms with Crippen LogP contribution in [0.5, 0.6) is 0 Å². The lowest BCUT2D eigenvalue weighted by Gasteiger charge is -2.21. The van der Waals surface area contributed by atoms with E-state index in [4.69, 9.17) is 16.7 Å². The van der Waals surface area contributed by atoms with Crippen LogP contribution in [0.25, 0.3) is 0 Å². The summed E-state index contributed by atoms with van der Waals surface area (Å²) in [6, 6.07) is 4.58. The minimum Gasteiger partial charge on any atom is -0.395 e. The van der Waals surface area contributed by atoms with E-state index in [9.17, 15) is 4.39 Å². The van der Waals surface area contributed by atoms with Crippen LogP contribution in [-0.4, -0.2) is 54.2 Å². The molecular formula is C14H20ClFN2O. The smallest absolute Gasteiger partial charge is 0.124 e. The number of benzene rings is 1. The summed E-state index contributed by atoms with van der Waals surface area (Å²) in [6.45, 7) is 5.65. The molecule has 1 N–H and O–H groups in total. The van der Waals surface area contributed by atoms with Crippen LogP contribution in [0.4, 0.5) is 4.39 Å². The van der Waals surface area contributed by atoms with Crippen molar-refractivity contribution < 1.29 is 9.50 Å². The number of aliphatic hydroxyl groups excluding tert-OH is 1. The lowest BCUT2D eigenvalue weighted by Crippen LogP contribution is -2.32. The molecule has 0 saturated carbocycles. The first-order valence-electron chi connectivity index (χ1n) is 6.68. The second-order valence-electron chi connectivity index (χ2n) is 4.93. The first-order chi connectivity index (χ1) is 9.19. The van der Waals surface area contributed by atoms with Gasteiger partial charge in [0.2, 0.25) is 0 Å². The monoisotopic (exact) mass is 286 g/mol. The van der Waals surface area contributed by atoms with Gasteiger partial charge in [0, 0.05) is 31.2 Å². The molecule has 106 valence electrons. The van der Waals surface area contributed by atoms with Crippen molar-refractivity contribution >= 4 is 11.6 Å². The van der Waals surface area contributed by atoms with Gasteiger partial charge in [0.25, 0.3) is 0 Å². The Morgan fingerprint density at radius 3 is 2.63 bits per heavy atom. The first-order valence-corrected chi connectivity index (χ1v) is 7.06. The Balaban J connectivity index is 1.92. The molecule has 3 nitrogen and oxygen atoms in total. The van der Waals surface area contributed by atoms with Crippen LogP contribution in [0, 0.1) is 5.82 Å². The summed E-state index contributed by atoms with van der Waals surface area (Å²) in [4.78, 5) is 4.60. The minimum absolute atomic E-state index is 0.212. The molecule has 1 aliphatic heterocycles. The van der Waals surface area contributed by atoms with Crippen LogP contribution in [0.15, 0.2) is 18.2 Å². The Kier molecular flexibility index (Phi) is 5.58. The molecule has 0 atom stereocenters. The van der Waals surface area contributed by atoms with Gasteiger partial charge in [-0.15, -0.1) is 0 Å². The van der Waals surface area contributed by atoms with E-state index in [1.807, 2.05) is 0 Å². The highest BCUT2D eigenvalue weighted by molar-refractivity contribution is 6.31. The summed E-state index contributed by atoms with van der Waals surface area (Å²) in [5.41, 5.74) is 0.971. The van der Waals surface area contributed by atoms with Gasteiger partial charge < -0.3 is 5.11 Å². The predicted molar refractivity (Wildman–Crippen MR) is 74.8 cm³/mol. The maximum Gasteiger partial charge on any atom is 0.124 e. The van der Waals surface area contributed by atoms with Gasteiger partial charge in [0.05, 0.1) is 6.61 Å². The van der Waals surface area contributed by atoms with Crippen molar-refractivity contribution in [3.63, 3.8) is 0 Å². The fourth-order valence-electron chi connectivity index (χ4n) is 2.44. The molecule has 0 aromatic heterocycles. The fourth-order valence-corrected chi connectivity index (χ4v) is 2.67. The molecule has 0 aliphatic carbocycles. The molecule has 1 aliphatic rings. The third-order valence-electron chi connectivity index (χ3n) is 3.51. The third kappa shape index (κ3) is 4.42. The molecule has 0 amide bonds. The highest BCUT2D eigenvalue weighted by atomic mass is 35.5. The number of halogens is 2. The van der Waals surface area contributed by atoms with Gasteiger partial charge in [-0.2, -0.15) is 0 Å². The molecule has 0 radical (unpaired) electrons. The summed E-state index contributed by atoms with van der Waals surface area (Å²) in [5, 5.41) is 9.46. The molecule has 0 bridgehead atoms. The van der Waals surface area contributed by atoms with E-state index in [1.165, 1.54) is 12.1 Å². The Labute approximate surface area is 118 Å². The maximum atomic E-state index is 13.0. The Hall–Kier alpha value is -0.680. The normalized spacial score (nSPS) is 18.5. The zero-order valence-corrected chi connectivity index (χ0v) is 11.7. The van der Waals surface area contributed by atoms with Gasteiger partial charge in [-0.25, -0.2) is 4.39 Å². The second-order valence-corrected chi connectivity index (χ2v) is 5.34. The number of hydrogen-bond donors (Lipinski definition) is 1. The summed E-state index contributed by atoms with van der Waals surface area (Å²) < 4.78 is 13.0. The maximum absolute atomic E-state index is 13.0. The average molecular weight is 287 g/mol. The lowest BCUT2D eigenvalue weighted by molar-refractivity contribution is 0.196. The summed E-state index contributed by atoms with van der Waals surface area (Å²) >= 11 is 6.06. The van der Waals surface area contributed by atoms with Gasteiger partial charge >= 0.3 is 0 Å². The molecular weight excluding hydrogens is 267 g/mol. The SMILES string of the molecule is OCCN1CCCN(Cc2ccc(F)cc2Cl)CC1. The van der Waals surface area contributed by atoms with E-state index in [0.29, 0.717) is 5.02 Å². The van der Waals surface area contributed by atoms with Crippen molar-refractivity contribution in [2.24, 2.45) is 0 Å². The molecule has 0 unspecified atom stereocenters. The quantitative estimate of drug-likeness (QED) is 0.917. The lowest BCUT2D eigenvalue weighted by atomic mass is 10.2. The number of nitrogens with zero attached hydrogens (tertiary/aromatic N) is 2. The van der Waals surface area contributed by atoms with Crippen LogP contribution in [0.1, 0.15) is 12.0 Å². The minimum atomic E-state index is -0.293. The zero-order valence-electron chi connectivity index (χ0n) is 11.0. The van der Waals surface area contributed by atoms with E-state index in [0.717, 1.165) is 51.3 Å². The van der Waals surface area contributed by atoms with Crippen LogP contribution >= 0.6 is 11.6 Å². The molecule has 1 saturated heterocycles.